The number of phenolic OH excluding ortho intramolecular Hbond substituents is 1. The van der Waals surface area contributed by atoms with E-state index < -0.39 is 0 Å². The largest absolute Gasteiger partial charge is 0.508 e. The van der Waals surface area contributed by atoms with Crippen molar-refractivity contribution in [3.8, 4) is 11.5 Å². The van der Waals surface area contributed by atoms with Gasteiger partial charge >= 0.3 is 0 Å². The topological polar surface area (TPSA) is 95.4 Å². The minimum Gasteiger partial charge on any atom is -0.508 e. The van der Waals surface area contributed by atoms with Crippen LogP contribution in [0.3, 0.4) is 0 Å². The molecule has 1 aromatic heterocycles. The Labute approximate surface area is 187 Å². The summed E-state index contributed by atoms with van der Waals surface area (Å²) in [5.41, 5.74) is 3.11. The lowest BCUT2D eigenvalue weighted by Gasteiger charge is -2.27. The Morgan fingerprint density at radius 3 is 2.42 bits per heavy atom. The molecule has 0 atom stereocenters. The van der Waals surface area contributed by atoms with Crippen LogP contribution in [0, 0.1) is 6.92 Å². The van der Waals surface area contributed by atoms with Crippen molar-refractivity contribution in [2.75, 3.05) is 40.0 Å². The van der Waals surface area contributed by atoms with Gasteiger partial charge in [0.1, 0.15) is 11.5 Å². The van der Waals surface area contributed by atoms with Gasteiger partial charge in [0.05, 0.1) is 31.4 Å². The molecule has 8 heteroatoms. The second kappa shape index (κ2) is 10.6. The third-order valence-electron chi connectivity index (χ3n) is 5.63. The van der Waals surface area contributed by atoms with Crippen LogP contribution in [0.25, 0.3) is 10.9 Å². The van der Waals surface area contributed by atoms with E-state index in [2.05, 4.69) is 9.47 Å². The molecule has 1 aliphatic rings. The molecule has 3 aromatic rings. The summed E-state index contributed by atoms with van der Waals surface area (Å²) in [6, 6.07) is 12.4. The van der Waals surface area contributed by atoms with Crippen LogP contribution in [0.1, 0.15) is 21.6 Å². The van der Waals surface area contributed by atoms with E-state index in [4.69, 9.17) is 9.47 Å². The quantitative estimate of drug-likeness (QED) is 0.585. The van der Waals surface area contributed by atoms with Gasteiger partial charge in [-0.2, -0.15) is 0 Å². The Morgan fingerprint density at radius 1 is 1.10 bits per heavy atom. The lowest BCUT2D eigenvalue weighted by atomic mass is 10.0. The Balaban J connectivity index is 0.00000171. The third kappa shape index (κ3) is 5.02. The smallest absolute Gasteiger partial charge is 0.195 e. The first-order chi connectivity index (χ1) is 14.1. The van der Waals surface area contributed by atoms with Crippen molar-refractivity contribution in [1.82, 2.24) is 9.47 Å². The fourth-order valence-corrected chi connectivity index (χ4v) is 3.99. The fourth-order valence-electron chi connectivity index (χ4n) is 3.99. The number of carbonyl (C=O) groups excluding carboxylic acids is 1. The number of aromatic hydroxyl groups is 1. The van der Waals surface area contributed by atoms with Crippen LogP contribution < -0.4 is 4.74 Å². The predicted octanol–water partition coefficient (Wildman–Crippen LogP) is 2.82. The number of rotatable bonds is 6. The summed E-state index contributed by atoms with van der Waals surface area (Å²) in [6.07, 6.45) is 0. The normalized spacial score (nSPS) is 14.0. The predicted molar refractivity (Wildman–Crippen MR) is 123 cm³/mol. The number of benzene rings is 2. The molecule has 0 radical (unpaired) electrons. The number of methoxy groups -OCH3 is 1. The van der Waals surface area contributed by atoms with Crippen LogP contribution in [-0.2, 0) is 11.3 Å². The van der Waals surface area contributed by atoms with Gasteiger partial charge in [-0.15, -0.1) is 12.4 Å². The average molecular weight is 449 g/mol. The minimum atomic E-state index is -0.0223. The van der Waals surface area contributed by atoms with E-state index >= 15 is 0 Å². The highest BCUT2D eigenvalue weighted by atomic mass is 35.5. The number of hydrogen-bond acceptors (Lipinski definition) is 5. The summed E-state index contributed by atoms with van der Waals surface area (Å²) in [4.78, 5) is 15.7. The summed E-state index contributed by atoms with van der Waals surface area (Å²) in [5, 5.41) is 10.9. The number of fused-ring (bicyclic) bond motifs is 1. The number of morpholine rings is 1. The van der Waals surface area contributed by atoms with E-state index in [9.17, 15) is 9.90 Å². The molecule has 1 saturated heterocycles. The SMILES string of the molecule is COc1ccc(C(=O)c2c(C)n(CCN3CCOCC3)c3cc(O)ccc23)cc1.Cl.O. The van der Waals surface area contributed by atoms with Crippen LogP contribution in [0.4, 0.5) is 0 Å². The first-order valence-electron chi connectivity index (χ1n) is 9.89. The Bertz CT molecular complexity index is 1030. The van der Waals surface area contributed by atoms with E-state index in [1.54, 1.807) is 43.5 Å². The zero-order valence-corrected chi connectivity index (χ0v) is 18.6. The van der Waals surface area contributed by atoms with E-state index in [-0.39, 0.29) is 29.4 Å². The molecule has 4 rings (SSSR count). The Hall–Kier alpha value is -2.58. The molecule has 0 unspecified atom stereocenters. The van der Waals surface area contributed by atoms with Crippen molar-refractivity contribution >= 4 is 29.1 Å². The van der Waals surface area contributed by atoms with Crippen molar-refractivity contribution in [3.63, 3.8) is 0 Å². The molecule has 0 aliphatic carbocycles. The molecule has 2 aromatic carbocycles. The highest BCUT2D eigenvalue weighted by molar-refractivity contribution is 6.17. The Kier molecular flexibility index (Phi) is 8.47. The molecule has 0 spiro atoms. The first-order valence-corrected chi connectivity index (χ1v) is 9.89. The monoisotopic (exact) mass is 448 g/mol. The van der Waals surface area contributed by atoms with E-state index in [0.29, 0.717) is 11.1 Å². The zero-order chi connectivity index (χ0) is 20.4. The van der Waals surface area contributed by atoms with Gasteiger partial charge in [-0.3, -0.25) is 9.69 Å². The van der Waals surface area contributed by atoms with E-state index in [0.717, 1.165) is 61.7 Å². The molecular formula is C23H29ClN2O5. The molecule has 1 fully saturated rings. The van der Waals surface area contributed by atoms with Crippen LogP contribution in [0.2, 0.25) is 0 Å². The number of aromatic nitrogens is 1. The number of carbonyl (C=O) groups is 1. The standard InChI is InChI=1S/C23H26N2O4.ClH.H2O/c1-16-22(23(27)17-3-6-19(28-2)7-4-17)20-8-5-18(26)15-21(20)25(16)10-9-24-11-13-29-14-12-24;;/h3-8,15,26H,9-14H2,1-2H3;1H;1H2. The Morgan fingerprint density at radius 2 is 1.77 bits per heavy atom. The number of ketones is 1. The molecule has 168 valence electrons. The molecule has 2 heterocycles. The summed E-state index contributed by atoms with van der Waals surface area (Å²) in [5.74, 6) is 0.896. The molecule has 0 amide bonds. The van der Waals surface area contributed by atoms with Crippen molar-refractivity contribution in [3.05, 3.63) is 59.3 Å². The molecule has 3 N–H and O–H groups in total. The summed E-state index contributed by atoms with van der Waals surface area (Å²) < 4.78 is 12.8. The van der Waals surface area contributed by atoms with Gasteiger partial charge < -0.3 is 24.6 Å². The number of halogens is 1. The second-order valence-corrected chi connectivity index (χ2v) is 7.33. The average Bonchev–Trinajstić information content (AvgIpc) is 3.03. The minimum absolute atomic E-state index is 0. The van der Waals surface area contributed by atoms with Gasteiger partial charge in [0, 0.05) is 48.9 Å². The number of nitrogens with zero attached hydrogens (tertiary/aromatic N) is 2. The van der Waals surface area contributed by atoms with Crippen molar-refractivity contribution < 1.29 is 24.9 Å². The van der Waals surface area contributed by atoms with Crippen molar-refractivity contribution in [2.24, 2.45) is 0 Å². The van der Waals surface area contributed by atoms with Crippen LogP contribution in [0.5, 0.6) is 11.5 Å². The number of hydrogen-bond donors (Lipinski definition) is 1. The maximum atomic E-state index is 13.3. The molecule has 31 heavy (non-hydrogen) atoms. The second-order valence-electron chi connectivity index (χ2n) is 7.33. The maximum absolute atomic E-state index is 13.3. The number of phenols is 1. The van der Waals surface area contributed by atoms with Gasteiger partial charge in [-0.25, -0.2) is 0 Å². The van der Waals surface area contributed by atoms with Gasteiger partial charge in [0.25, 0.3) is 0 Å². The first kappa shape index (κ1) is 24.7. The molecular weight excluding hydrogens is 420 g/mol. The number of ether oxygens (including phenoxy) is 2. The summed E-state index contributed by atoms with van der Waals surface area (Å²) >= 11 is 0. The van der Waals surface area contributed by atoms with Gasteiger partial charge in [-0.05, 0) is 43.3 Å². The molecule has 0 bridgehead atoms. The molecule has 7 nitrogen and oxygen atoms in total. The lowest BCUT2D eigenvalue weighted by Crippen LogP contribution is -2.38. The van der Waals surface area contributed by atoms with E-state index in [1.165, 1.54) is 0 Å². The van der Waals surface area contributed by atoms with Crippen molar-refractivity contribution in [1.29, 1.82) is 0 Å². The van der Waals surface area contributed by atoms with Crippen LogP contribution >= 0.6 is 12.4 Å². The highest BCUT2D eigenvalue weighted by Crippen LogP contribution is 2.31. The molecule has 1 aliphatic heterocycles. The van der Waals surface area contributed by atoms with Crippen LogP contribution in [0.15, 0.2) is 42.5 Å². The molecule has 0 saturated carbocycles. The summed E-state index contributed by atoms with van der Waals surface area (Å²) in [7, 11) is 1.61. The third-order valence-corrected chi connectivity index (χ3v) is 5.63. The van der Waals surface area contributed by atoms with Crippen molar-refractivity contribution in [2.45, 2.75) is 13.5 Å². The van der Waals surface area contributed by atoms with E-state index in [1.807, 2.05) is 13.0 Å². The zero-order valence-electron chi connectivity index (χ0n) is 17.8. The fraction of sp³-hybridized carbons (Fsp3) is 0.348. The highest BCUT2D eigenvalue weighted by Gasteiger charge is 2.22. The van der Waals surface area contributed by atoms with Crippen LogP contribution in [-0.4, -0.2) is 65.8 Å². The maximum Gasteiger partial charge on any atom is 0.195 e. The van der Waals surface area contributed by atoms with Gasteiger partial charge in [-0.1, -0.05) is 0 Å². The lowest BCUT2D eigenvalue weighted by molar-refractivity contribution is 0.0365. The summed E-state index contributed by atoms with van der Waals surface area (Å²) in [6.45, 7) is 6.96. The van der Waals surface area contributed by atoms with Gasteiger partial charge in [0.15, 0.2) is 5.78 Å². The van der Waals surface area contributed by atoms with Gasteiger partial charge in [0.2, 0.25) is 0 Å².